The van der Waals surface area contributed by atoms with E-state index in [0.717, 1.165) is 5.56 Å². The number of halogens is 3. The van der Waals surface area contributed by atoms with E-state index in [9.17, 15) is 10.1 Å². The van der Waals surface area contributed by atoms with Gasteiger partial charge in [-0.3, -0.25) is 4.79 Å². The number of hydrogen-bond acceptors (Lipinski definition) is 2. The van der Waals surface area contributed by atoms with Gasteiger partial charge in [0.05, 0.1) is 10.0 Å². The molecule has 0 aliphatic carbocycles. The molecule has 0 aliphatic heterocycles. The molecule has 0 fully saturated rings. The summed E-state index contributed by atoms with van der Waals surface area (Å²) in [6.07, 6.45) is 1.44. The lowest BCUT2D eigenvalue weighted by Gasteiger charge is -2.08. The molecule has 23 heavy (non-hydrogen) atoms. The van der Waals surface area contributed by atoms with Crippen LogP contribution in [0.15, 0.2) is 42.0 Å². The van der Waals surface area contributed by atoms with Crippen LogP contribution >= 0.6 is 34.8 Å². The van der Waals surface area contributed by atoms with Crippen molar-refractivity contribution in [2.45, 2.75) is 6.92 Å². The number of carbonyl (C=O) groups excluding carboxylic acids is 1. The maximum Gasteiger partial charge on any atom is 0.266 e. The zero-order valence-corrected chi connectivity index (χ0v) is 14.3. The largest absolute Gasteiger partial charge is 0.321 e. The Kier molecular flexibility index (Phi) is 5.68. The smallest absolute Gasteiger partial charge is 0.266 e. The van der Waals surface area contributed by atoms with Gasteiger partial charge >= 0.3 is 0 Å². The van der Waals surface area contributed by atoms with Crippen molar-refractivity contribution in [3.63, 3.8) is 0 Å². The molecule has 2 rings (SSSR count). The minimum absolute atomic E-state index is 0.0530. The molecule has 1 amide bonds. The lowest BCUT2D eigenvalue weighted by Crippen LogP contribution is -2.14. The summed E-state index contributed by atoms with van der Waals surface area (Å²) in [4.78, 5) is 12.3. The Bertz CT molecular complexity index is 838. The quantitative estimate of drug-likeness (QED) is 0.576. The number of nitrogens with zero attached hydrogens (tertiary/aromatic N) is 1. The Hall–Kier alpha value is -1.99. The molecular formula is C17H11Cl3N2O. The standard InChI is InChI=1S/C17H11Cl3N2O/c1-10-2-4-13(18)8-16(10)22-17(23)12(9-21)6-11-3-5-14(19)15(20)7-11/h2-8H,1H3,(H,22,23)/b12-6+. The molecule has 0 saturated carbocycles. The first-order valence-corrected chi connectivity index (χ1v) is 7.68. The van der Waals surface area contributed by atoms with Gasteiger partial charge in [-0.25, -0.2) is 0 Å². The summed E-state index contributed by atoms with van der Waals surface area (Å²) >= 11 is 17.7. The first kappa shape index (κ1) is 17.4. The first-order valence-electron chi connectivity index (χ1n) is 6.55. The van der Waals surface area contributed by atoms with Gasteiger partial charge in [-0.2, -0.15) is 5.26 Å². The molecule has 116 valence electrons. The van der Waals surface area contributed by atoms with Gasteiger partial charge in [0.25, 0.3) is 5.91 Å². The third-order valence-electron chi connectivity index (χ3n) is 3.07. The maximum atomic E-state index is 12.3. The van der Waals surface area contributed by atoms with Gasteiger partial charge in [-0.05, 0) is 48.4 Å². The number of aryl methyl sites for hydroxylation is 1. The van der Waals surface area contributed by atoms with Crippen LogP contribution in [0.2, 0.25) is 15.1 Å². The highest BCUT2D eigenvalue weighted by atomic mass is 35.5. The predicted molar refractivity (Wildman–Crippen MR) is 94.9 cm³/mol. The van der Waals surface area contributed by atoms with Crippen molar-refractivity contribution in [3.8, 4) is 6.07 Å². The normalized spacial score (nSPS) is 11.0. The van der Waals surface area contributed by atoms with Gasteiger partial charge in [0, 0.05) is 10.7 Å². The van der Waals surface area contributed by atoms with Crippen LogP contribution in [0.3, 0.4) is 0 Å². The van der Waals surface area contributed by atoms with Crippen LogP contribution in [0.25, 0.3) is 6.08 Å². The minimum Gasteiger partial charge on any atom is -0.321 e. The molecule has 0 atom stereocenters. The Balaban J connectivity index is 2.28. The third kappa shape index (κ3) is 4.49. The van der Waals surface area contributed by atoms with Gasteiger partial charge in [0.15, 0.2) is 0 Å². The Labute approximate surface area is 149 Å². The number of nitrogens with one attached hydrogen (secondary N) is 1. The van der Waals surface area contributed by atoms with Gasteiger partial charge in [0.1, 0.15) is 11.6 Å². The van der Waals surface area contributed by atoms with Crippen molar-refractivity contribution < 1.29 is 4.79 Å². The number of carbonyl (C=O) groups is 1. The molecule has 0 bridgehead atoms. The second kappa shape index (κ2) is 7.52. The first-order chi connectivity index (χ1) is 10.9. The SMILES string of the molecule is Cc1ccc(Cl)cc1NC(=O)/C(C#N)=C/c1ccc(Cl)c(Cl)c1. The van der Waals surface area contributed by atoms with Crippen LogP contribution in [0.4, 0.5) is 5.69 Å². The fourth-order valence-electron chi connectivity index (χ4n) is 1.84. The lowest BCUT2D eigenvalue weighted by molar-refractivity contribution is -0.112. The van der Waals surface area contributed by atoms with Crippen molar-refractivity contribution in [3.05, 3.63) is 68.2 Å². The van der Waals surface area contributed by atoms with Crippen LogP contribution in [0.1, 0.15) is 11.1 Å². The summed E-state index contributed by atoms with van der Waals surface area (Å²) < 4.78 is 0. The molecule has 3 nitrogen and oxygen atoms in total. The summed E-state index contributed by atoms with van der Waals surface area (Å²) in [6.45, 7) is 1.83. The minimum atomic E-state index is -0.524. The van der Waals surface area contributed by atoms with Crippen molar-refractivity contribution in [1.29, 1.82) is 5.26 Å². The third-order valence-corrected chi connectivity index (χ3v) is 4.04. The lowest BCUT2D eigenvalue weighted by atomic mass is 10.1. The highest BCUT2D eigenvalue weighted by molar-refractivity contribution is 6.42. The topological polar surface area (TPSA) is 52.9 Å². The summed E-state index contributed by atoms with van der Waals surface area (Å²) in [5, 5.41) is 13.1. The highest BCUT2D eigenvalue weighted by Gasteiger charge is 2.11. The van der Waals surface area contributed by atoms with Gasteiger partial charge in [0.2, 0.25) is 0 Å². The van der Waals surface area contributed by atoms with Crippen molar-refractivity contribution in [2.75, 3.05) is 5.32 Å². The summed E-state index contributed by atoms with van der Waals surface area (Å²) in [7, 11) is 0. The molecule has 2 aromatic rings. The Morgan fingerprint density at radius 2 is 1.87 bits per heavy atom. The molecule has 0 unspecified atom stereocenters. The number of anilines is 1. The fraction of sp³-hybridized carbons (Fsp3) is 0.0588. The van der Waals surface area contributed by atoms with E-state index in [4.69, 9.17) is 34.8 Å². The average Bonchev–Trinajstić information content (AvgIpc) is 2.51. The predicted octanol–water partition coefficient (Wildman–Crippen LogP) is 5.50. The second-order valence-electron chi connectivity index (χ2n) is 4.76. The molecule has 0 heterocycles. The van der Waals surface area contributed by atoms with E-state index >= 15 is 0 Å². The van der Waals surface area contributed by atoms with Gasteiger partial charge in [-0.15, -0.1) is 0 Å². The van der Waals surface area contributed by atoms with E-state index in [1.54, 1.807) is 36.4 Å². The summed E-state index contributed by atoms with van der Waals surface area (Å²) in [6, 6.07) is 11.9. The van der Waals surface area contributed by atoms with Crippen molar-refractivity contribution >= 4 is 52.5 Å². The molecule has 0 aromatic heterocycles. The number of amides is 1. The molecule has 0 spiro atoms. The average molecular weight is 366 g/mol. The Morgan fingerprint density at radius 3 is 2.52 bits per heavy atom. The fourth-order valence-corrected chi connectivity index (χ4v) is 2.31. The molecule has 0 radical (unpaired) electrons. The van der Waals surface area contributed by atoms with Gasteiger partial charge in [-0.1, -0.05) is 46.9 Å². The van der Waals surface area contributed by atoms with Crippen LogP contribution in [0, 0.1) is 18.3 Å². The second-order valence-corrected chi connectivity index (χ2v) is 6.01. The van der Waals surface area contributed by atoms with Crippen LogP contribution in [-0.4, -0.2) is 5.91 Å². The number of rotatable bonds is 3. The molecule has 1 N–H and O–H groups in total. The number of nitriles is 1. The van der Waals surface area contributed by atoms with E-state index < -0.39 is 5.91 Å². The Morgan fingerprint density at radius 1 is 1.13 bits per heavy atom. The molecular weight excluding hydrogens is 355 g/mol. The number of hydrogen-bond donors (Lipinski definition) is 1. The van der Waals surface area contributed by atoms with E-state index in [1.807, 2.05) is 13.0 Å². The molecule has 0 aliphatic rings. The molecule has 2 aromatic carbocycles. The van der Waals surface area contributed by atoms with E-state index in [-0.39, 0.29) is 5.57 Å². The molecule has 6 heteroatoms. The van der Waals surface area contributed by atoms with Crippen molar-refractivity contribution in [2.24, 2.45) is 0 Å². The van der Waals surface area contributed by atoms with E-state index in [0.29, 0.717) is 26.3 Å². The van der Waals surface area contributed by atoms with Crippen LogP contribution in [0.5, 0.6) is 0 Å². The molecule has 0 saturated heterocycles. The zero-order valence-electron chi connectivity index (χ0n) is 12.0. The summed E-state index contributed by atoms with van der Waals surface area (Å²) in [5.41, 5.74) is 1.95. The van der Waals surface area contributed by atoms with E-state index in [1.165, 1.54) is 6.08 Å². The zero-order chi connectivity index (χ0) is 17.0. The van der Waals surface area contributed by atoms with E-state index in [2.05, 4.69) is 5.32 Å². The van der Waals surface area contributed by atoms with Crippen molar-refractivity contribution in [1.82, 2.24) is 0 Å². The summed E-state index contributed by atoms with van der Waals surface area (Å²) in [5.74, 6) is -0.524. The highest BCUT2D eigenvalue weighted by Crippen LogP contribution is 2.24. The number of benzene rings is 2. The van der Waals surface area contributed by atoms with Gasteiger partial charge < -0.3 is 5.32 Å². The van der Waals surface area contributed by atoms with Crippen LogP contribution in [-0.2, 0) is 4.79 Å². The maximum absolute atomic E-state index is 12.3. The monoisotopic (exact) mass is 364 g/mol. The van der Waals surface area contributed by atoms with Crippen LogP contribution < -0.4 is 5.32 Å².